The Morgan fingerprint density at radius 3 is 2.27 bits per heavy atom. The molecule has 1 atom stereocenters. The maximum Gasteiger partial charge on any atom is 0.312 e. The molecule has 0 heterocycles. The lowest BCUT2D eigenvalue weighted by Gasteiger charge is -2.21. The fraction of sp³-hybridized carbons (Fsp3) is 0.400. The van der Waals surface area contributed by atoms with E-state index in [0.717, 1.165) is 16.8 Å². The standard InChI is InChI=1S/C15H22N4O3/c1-9-6-5-7-10(2)13(9)18-12(20)8-19(4)14(21)11(3)17-15(16)22/h5-7,11H,8H2,1-4H3,(H,18,20)(H3,16,17,22). The summed E-state index contributed by atoms with van der Waals surface area (Å²) < 4.78 is 0. The van der Waals surface area contributed by atoms with E-state index in [9.17, 15) is 14.4 Å². The van der Waals surface area contributed by atoms with Gasteiger partial charge in [-0.3, -0.25) is 9.59 Å². The van der Waals surface area contributed by atoms with Crippen LogP contribution in [0, 0.1) is 13.8 Å². The van der Waals surface area contributed by atoms with Crippen LogP contribution >= 0.6 is 0 Å². The van der Waals surface area contributed by atoms with E-state index in [4.69, 9.17) is 5.73 Å². The van der Waals surface area contributed by atoms with Crippen molar-refractivity contribution in [2.45, 2.75) is 26.8 Å². The molecule has 4 amide bonds. The highest BCUT2D eigenvalue weighted by Crippen LogP contribution is 2.19. The number of rotatable bonds is 5. The molecule has 0 bridgehead atoms. The van der Waals surface area contributed by atoms with Gasteiger partial charge in [-0.15, -0.1) is 0 Å². The molecule has 1 aromatic carbocycles. The summed E-state index contributed by atoms with van der Waals surface area (Å²) in [4.78, 5) is 36.0. The fourth-order valence-electron chi connectivity index (χ4n) is 2.09. The van der Waals surface area contributed by atoms with Gasteiger partial charge < -0.3 is 21.3 Å². The summed E-state index contributed by atoms with van der Waals surface area (Å²) in [6, 6.07) is 4.14. The highest BCUT2D eigenvalue weighted by Gasteiger charge is 2.20. The summed E-state index contributed by atoms with van der Waals surface area (Å²) in [6.07, 6.45) is 0. The summed E-state index contributed by atoms with van der Waals surface area (Å²) in [5.74, 6) is -0.699. The van der Waals surface area contributed by atoms with Crippen LogP contribution in [-0.4, -0.2) is 42.4 Å². The monoisotopic (exact) mass is 306 g/mol. The summed E-state index contributed by atoms with van der Waals surface area (Å²) in [5.41, 5.74) is 7.62. The second-order valence-electron chi connectivity index (χ2n) is 5.24. The number of carbonyl (C=O) groups excluding carboxylic acids is 3. The Morgan fingerprint density at radius 2 is 1.77 bits per heavy atom. The third kappa shape index (κ3) is 4.76. The zero-order valence-electron chi connectivity index (χ0n) is 13.3. The van der Waals surface area contributed by atoms with Crippen molar-refractivity contribution in [1.29, 1.82) is 0 Å². The number of carbonyl (C=O) groups is 3. The second-order valence-corrected chi connectivity index (χ2v) is 5.24. The Balaban J connectivity index is 2.65. The van der Waals surface area contributed by atoms with Crippen LogP contribution in [0.15, 0.2) is 18.2 Å². The van der Waals surface area contributed by atoms with E-state index in [-0.39, 0.29) is 12.5 Å². The Morgan fingerprint density at radius 1 is 1.23 bits per heavy atom. The first kappa shape index (κ1) is 17.5. The van der Waals surface area contributed by atoms with Crippen molar-refractivity contribution in [2.75, 3.05) is 18.9 Å². The van der Waals surface area contributed by atoms with Crippen molar-refractivity contribution < 1.29 is 14.4 Å². The highest BCUT2D eigenvalue weighted by atomic mass is 16.2. The molecule has 0 aliphatic rings. The number of primary amides is 1. The van der Waals surface area contributed by atoms with E-state index in [1.165, 1.54) is 18.9 Å². The SMILES string of the molecule is Cc1cccc(C)c1NC(=O)CN(C)C(=O)C(C)NC(N)=O. The van der Waals surface area contributed by atoms with Crippen molar-refractivity contribution in [3.63, 3.8) is 0 Å². The van der Waals surface area contributed by atoms with Gasteiger partial charge in [0.1, 0.15) is 6.04 Å². The van der Waals surface area contributed by atoms with Gasteiger partial charge in [-0.2, -0.15) is 0 Å². The lowest BCUT2D eigenvalue weighted by atomic mass is 10.1. The van der Waals surface area contributed by atoms with Crippen LogP contribution in [0.4, 0.5) is 10.5 Å². The fourth-order valence-corrected chi connectivity index (χ4v) is 2.09. The molecule has 0 fully saturated rings. The third-order valence-corrected chi connectivity index (χ3v) is 3.23. The summed E-state index contributed by atoms with van der Waals surface area (Å²) in [5, 5.41) is 5.08. The van der Waals surface area contributed by atoms with Gasteiger partial charge >= 0.3 is 6.03 Å². The van der Waals surface area contributed by atoms with E-state index in [1.54, 1.807) is 0 Å². The normalized spacial score (nSPS) is 11.5. The highest BCUT2D eigenvalue weighted by molar-refractivity contribution is 5.96. The van der Waals surface area contributed by atoms with Crippen LogP contribution in [0.5, 0.6) is 0 Å². The number of nitrogens with zero attached hydrogens (tertiary/aromatic N) is 1. The van der Waals surface area contributed by atoms with Crippen LogP contribution in [-0.2, 0) is 9.59 Å². The molecule has 0 saturated carbocycles. The minimum atomic E-state index is -0.783. The number of likely N-dealkylation sites (N-methyl/N-ethyl adjacent to an activating group) is 1. The smallest absolute Gasteiger partial charge is 0.312 e. The first-order chi connectivity index (χ1) is 10.2. The first-order valence-corrected chi connectivity index (χ1v) is 6.89. The molecule has 1 rings (SSSR count). The number of aryl methyl sites for hydroxylation is 2. The zero-order valence-corrected chi connectivity index (χ0v) is 13.3. The molecule has 1 unspecified atom stereocenters. The number of anilines is 1. The van der Waals surface area contributed by atoms with Crippen LogP contribution in [0.25, 0.3) is 0 Å². The number of hydrogen-bond acceptors (Lipinski definition) is 3. The van der Waals surface area contributed by atoms with Gasteiger partial charge in [0.25, 0.3) is 0 Å². The average Bonchev–Trinajstić information content (AvgIpc) is 2.41. The van der Waals surface area contributed by atoms with E-state index < -0.39 is 18.0 Å². The number of benzene rings is 1. The van der Waals surface area contributed by atoms with Crippen LogP contribution in [0.3, 0.4) is 0 Å². The molecule has 4 N–H and O–H groups in total. The second kappa shape index (κ2) is 7.44. The van der Waals surface area contributed by atoms with E-state index in [1.807, 2.05) is 32.0 Å². The largest absolute Gasteiger partial charge is 0.352 e. The number of nitrogens with two attached hydrogens (primary N) is 1. The molecule has 120 valence electrons. The van der Waals surface area contributed by atoms with E-state index in [0.29, 0.717) is 0 Å². The molecule has 22 heavy (non-hydrogen) atoms. The van der Waals surface area contributed by atoms with Crippen molar-refractivity contribution in [3.8, 4) is 0 Å². The number of hydrogen-bond donors (Lipinski definition) is 3. The van der Waals surface area contributed by atoms with E-state index in [2.05, 4.69) is 10.6 Å². The molecular weight excluding hydrogens is 284 g/mol. The van der Waals surface area contributed by atoms with Gasteiger partial charge in [0, 0.05) is 12.7 Å². The number of urea groups is 1. The lowest BCUT2D eigenvalue weighted by Crippen LogP contribution is -2.48. The Labute approximate surface area is 129 Å². The van der Waals surface area contributed by atoms with Gasteiger partial charge in [0.05, 0.1) is 6.54 Å². The summed E-state index contributed by atoms with van der Waals surface area (Å²) in [6.45, 7) is 5.19. The minimum absolute atomic E-state index is 0.114. The summed E-state index contributed by atoms with van der Waals surface area (Å²) >= 11 is 0. The topological polar surface area (TPSA) is 105 Å². The Hall–Kier alpha value is -2.57. The van der Waals surface area contributed by atoms with Crippen molar-refractivity contribution >= 4 is 23.5 Å². The molecule has 0 radical (unpaired) electrons. The zero-order chi connectivity index (χ0) is 16.9. The van der Waals surface area contributed by atoms with Crippen molar-refractivity contribution in [2.24, 2.45) is 5.73 Å². The predicted molar refractivity (Wildman–Crippen MR) is 84.4 cm³/mol. The molecule has 7 nitrogen and oxygen atoms in total. The number of amides is 4. The number of para-hydroxylation sites is 1. The quantitative estimate of drug-likeness (QED) is 0.748. The third-order valence-electron chi connectivity index (χ3n) is 3.23. The van der Waals surface area contributed by atoms with Crippen LogP contribution in [0.1, 0.15) is 18.1 Å². The van der Waals surface area contributed by atoms with Crippen molar-refractivity contribution in [1.82, 2.24) is 10.2 Å². The summed E-state index contributed by atoms with van der Waals surface area (Å²) in [7, 11) is 1.49. The number of nitrogens with one attached hydrogen (secondary N) is 2. The Kier molecular flexibility index (Phi) is 5.91. The predicted octanol–water partition coefficient (Wildman–Crippen LogP) is 0.757. The van der Waals surface area contributed by atoms with Gasteiger partial charge in [-0.1, -0.05) is 18.2 Å². The molecule has 0 aliphatic carbocycles. The minimum Gasteiger partial charge on any atom is -0.352 e. The maximum atomic E-state index is 12.1. The van der Waals surface area contributed by atoms with Gasteiger partial charge in [0.2, 0.25) is 11.8 Å². The van der Waals surface area contributed by atoms with Gasteiger partial charge in [0.15, 0.2) is 0 Å². The Bertz CT molecular complexity index is 566. The van der Waals surface area contributed by atoms with Gasteiger partial charge in [-0.05, 0) is 31.9 Å². The molecule has 0 aromatic heterocycles. The lowest BCUT2D eigenvalue weighted by molar-refractivity contribution is -0.134. The van der Waals surface area contributed by atoms with Crippen molar-refractivity contribution in [3.05, 3.63) is 29.3 Å². The molecule has 0 aliphatic heterocycles. The maximum absolute atomic E-state index is 12.1. The first-order valence-electron chi connectivity index (χ1n) is 6.89. The van der Waals surface area contributed by atoms with Crippen LogP contribution in [0.2, 0.25) is 0 Å². The van der Waals surface area contributed by atoms with E-state index >= 15 is 0 Å². The van der Waals surface area contributed by atoms with Crippen LogP contribution < -0.4 is 16.4 Å². The van der Waals surface area contributed by atoms with Gasteiger partial charge in [-0.25, -0.2) is 4.79 Å². The molecule has 0 saturated heterocycles. The molecular formula is C15H22N4O3. The molecule has 1 aromatic rings. The molecule has 7 heteroatoms. The average molecular weight is 306 g/mol. The molecule has 0 spiro atoms.